The van der Waals surface area contributed by atoms with Crippen molar-refractivity contribution in [1.82, 2.24) is 10.6 Å². The molecule has 1 aliphatic carbocycles. The van der Waals surface area contributed by atoms with Crippen molar-refractivity contribution < 1.29 is 19.8 Å². The van der Waals surface area contributed by atoms with Crippen LogP contribution >= 0.6 is 0 Å². The minimum atomic E-state index is -1.26. The van der Waals surface area contributed by atoms with Gasteiger partial charge in [0, 0.05) is 6.54 Å². The first-order chi connectivity index (χ1) is 7.00. The Morgan fingerprint density at radius 3 is 2.47 bits per heavy atom. The summed E-state index contributed by atoms with van der Waals surface area (Å²) in [5.74, 6) is -0.711. The van der Waals surface area contributed by atoms with Crippen molar-refractivity contribution in [2.24, 2.45) is 5.92 Å². The molecule has 6 heteroatoms. The van der Waals surface area contributed by atoms with Gasteiger partial charge < -0.3 is 20.8 Å². The van der Waals surface area contributed by atoms with Gasteiger partial charge in [0.25, 0.3) is 0 Å². The third-order valence-corrected chi connectivity index (χ3v) is 2.28. The smallest absolute Gasteiger partial charge is 0.328 e. The molecule has 2 atom stereocenters. The summed E-state index contributed by atoms with van der Waals surface area (Å²) in [5.41, 5.74) is 0. The molecule has 0 aliphatic heterocycles. The highest BCUT2D eigenvalue weighted by Crippen LogP contribution is 2.27. The molecule has 1 fully saturated rings. The maximum absolute atomic E-state index is 11.2. The summed E-state index contributed by atoms with van der Waals surface area (Å²) in [4.78, 5) is 21.8. The number of amides is 2. The fraction of sp³-hybridized carbons (Fsp3) is 0.778. The Hall–Kier alpha value is -1.30. The van der Waals surface area contributed by atoms with Crippen molar-refractivity contribution in [3.05, 3.63) is 0 Å². The molecule has 0 saturated heterocycles. The first-order valence-corrected chi connectivity index (χ1v) is 4.96. The van der Waals surface area contributed by atoms with E-state index in [4.69, 9.17) is 10.2 Å². The molecule has 0 heterocycles. The van der Waals surface area contributed by atoms with E-state index in [0.717, 1.165) is 12.8 Å². The Morgan fingerprint density at radius 1 is 1.47 bits per heavy atom. The van der Waals surface area contributed by atoms with Gasteiger partial charge in [-0.25, -0.2) is 9.59 Å². The molecular weight excluding hydrogens is 200 g/mol. The number of rotatable bonds is 5. The average Bonchev–Trinajstić information content (AvgIpc) is 2.93. The first-order valence-electron chi connectivity index (χ1n) is 4.96. The summed E-state index contributed by atoms with van der Waals surface area (Å²) in [5, 5.41) is 22.5. The number of hydrogen-bond donors (Lipinski definition) is 4. The number of carbonyl (C=O) groups excluding carboxylic acids is 1. The van der Waals surface area contributed by atoms with Crippen LogP contribution in [0.2, 0.25) is 0 Å². The van der Waals surface area contributed by atoms with Crippen LogP contribution in [0.15, 0.2) is 0 Å². The van der Waals surface area contributed by atoms with Gasteiger partial charge in [-0.1, -0.05) is 0 Å². The van der Waals surface area contributed by atoms with Crippen molar-refractivity contribution in [2.75, 3.05) is 6.54 Å². The summed E-state index contributed by atoms with van der Waals surface area (Å²) in [7, 11) is 0. The van der Waals surface area contributed by atoms with E-state index >= 15 is 0 Å². The predicted molar refractivity (Wildman–Crippen MR) is 52.4 cm³/mol. The molecule has 1 saturated carbocycles. The molecule has 15 heavy (non-hydrogen) atoms. The van der Waals surface area contributed by atoms with E-state index < -0.39 is 24.1 Å². The van der Waals surface area contributed by atoms with Gasteiger partial charge in [0.15, 0.2) is 6.04 Å². The van der Waals surface area contributed by atoms with Crippen LogP contribution in [-0.4, -0.2) is 40.9 Å². The Labute approximate surface area is 87.7 Å². The summed E-state index contributed by atoms with van der Waals surface area (Å²) >= 11 is 0. The van der Waals surface area contributed by atoms with Gasteiger partial charge >= 0.3 is 12.0 Å². The number of carboxylic acid groups (broad SMARTS) is 1. The third kappa shape index (κ3) is 4.16. The molecular formula is C9H16N2O4. The molecule has 4 N–H and O–H groups in total. The van der Waals surface area contributed by atoms with E-state index in [0.29, 0.717) is 12.5 Å². The van der Waals surface area contributed by atoms with E-state index in [1.54, 1.807) is 0 Å². The number of urea groups is 1. The quantitative estimate of drug-likeness (QED) is 0.499. The largest absolute Gasteiger partial charge is 0.480 e. The summed E-state index contributed by atoms with van der Waals surface area (Å²) in [6.45, 7) is 1.89. The second-order valence-corrected chi connectivity index (χ2v) is 3.85. The molecule has 6 nitrogen and oxygen atoms in total. The maximum atomic E-state index is 11.2. The van der Waals surface area contributed by atoms with E-state index in [-0.39, 0.29) is 0 Å². The number of aliphatic hydroxyl groups excluding tert-OH is 1. The molecule has 0 spiro atoms. The van der Waals surface area contributed by atoms with E-state index in [9.17, 15) is 9.59 Å². The number of aliphatic hydroxyl groups is 1. The van der Waals surface area contributed by atoms with Gasteiger partial charge in [0.2, 0.25) is 0 Å². The van der Waals surface area contributed by atoms with Crippen LogP contribution in [0.5, 0.6) is 0 Å². The monoisotopic (exact) mass is 216 g/mol. The van der Waals surface area contributed by atoms with Crippen LogP contribution < -0.4 is 10.6 Å². The average molecular weight is 216 g/mol. The summed E-state index contributed by atoms with van der Waals surface area (Å²) < 4.78 is 0. The van der Waals surface area contributed by atoms with Crippen LogP contribution in [0.4, 0.5) is 4.79 Å². The number of carboxylic acids is 1. The van der Waals surface area contributed by atoms with Gasteiger partial charge in [0.05, 0.1) is 6.10 Å². The lowest BCUT2D eigenvalue weighted by molar-refractivity contribution is -0.141. The first kappa shape index (κ1) is 11.8. The SMILES string of the molecule is CC(O)C(NC(=O)NCC1CC1)C(=O)O. The minimum Gasteiger partial charge on any atom is -0.480 e. The van der Waals surface area contributed by atoms with Crippen molar-refractivity contribution in [3.8, 4) is 0 Å². The molecule has 1 rings (SSSR count). The second-order valence-electron chi connectivity index (χ2n) is 3.85. The standard InChI is InChI=1S/C9H16N2O4/c1-5(12)7(8(13)14)11-9(15)10-4-6-2-3-6/h5-7,12H,2-4H2,1H3,(H,13,14)(H2,10,11,15). The maximum Gasteiger partial charge on any atom is 0.328 e. The van der Waals surface area contributed by atoms with E-state index in [1.165, 1.54) is 6.92 Å². The van der Waals surface area contributed by atoms with Crippen molar-refractivity contribution in [3.63, 3.8) is 0 Å². The molecule has 0 radical (unpaired) electrons. The summed E-state index contributed by atoms with van der Waals surface area (Å²) in [6.07, 6.45) is 1.10. The van der Waals surface area contributed by atoms with Crippen molar-refractivity contribution in [2.45, 2.75) is 31.9 Å². The number of nitrogens with one attached hydrogen (secondary N) is 2. The Morgan fingerprint density at radius 2 is 2.07 bits per heavy atom. The van der Waals surface area contributed by atoms with Gasteiger partial charge in [-0.15, -0.1) is 0 Å². The molecule has 2 amide bonds. The third-order valence-electron chi connectivity index (χ3n) is 2.28. The van der Waals surface area contributed by atoms with E-state index in [2.05, 4.69) is 10.6 Å². The van der Waals surface area contributed by atoms with Crippen LogP contribution in [0.1, 0.15) is 19.8 Å². The number of carbonyl (C=O) groups is 2. The van der Waals surface area contributed by atoms with Gasteiger partial charge in [-0.3, -0.25) is 0 Å². The van der Waals surface area contributed by atoms with Gasteiger partial charge in [-0.05, 0) is 25.7 Å². The fourth-order valence-corrected chi connectivity index (χ4v) is 1.14. The van der Waals surface area contributed by atoms with E-state index in [1.807, 2.05) is 0 Å². The van der Waals surface area contributed by atoms with Gasteiger partial charge in [-0.2, -0.15) is 0 Å². The fourth-order valence-electron chi connectivity index (χ4n) is 1.14. The molecule has 0 aromatic heterocycles. The lowest BCUT2D eigenvalue weighted by Gasteiger charge is -2.17. The van der Waals surface area contributed by atoms with Crippen molar-refractivity contribution in [1.29, 1.82) is 0 Å². The molecule has 0 aromatic carbocycles. The highest BCUT2D eigenvalue weighted by molar-refractivity contribution is 5.82. The summed E-state index contributed by atoms with van der Waals surface area (Å²) in [6, 6.07) is -1.81. The van der Waals surface area contributed by atoms with Crippen LogP contribution in [0.3, 0.4) is 0 Å². The zero-order valence-corrected chi connectivity index (χ0v) is 8.56. The lowest BCUT2D eigenvalue weighted by Crippen LogP contribution is -2.51. The molecule has 0 aromatic rings. The normalized spacial score (nSPS) is 19.1. The molecule has 2 unspecified atom stereocenters. The highest BCUT2D eigenvalue weighted by Gasteiger charge is 2.26. The van der Waals surface area contributed by atoms with Crippen LogP contribution in [-0.2, 0) is 4.79 Å². The van der Waals surface area contributed by atoms with Gasteiger partial charge in [0.1, 0.15) is 0 Å². The second kappa shape index (κ2) is 4.97. The Balaban J connectivity index is 2.28. The Kier molecular flexibility index (Phi) is 3.90. The highest BCUT2D eigenvalue weighted by atomic mass is 16.4. The predicted octanol–water partition coefficient (Wildman–Crippen LogP) is -0.470. The number of aliphatic carboxylic acids is 1. The minimum absolute atomic E-state index is 0.533. The van der Waals surface area contributed by atoms with Crippen molar-refractivity contribution >= 4 is 12.0 Å². The lowest BCUT2D eigenvalue weighted by atomic mass is 10.2. The molecule has 1 aliphatic rings. The topological polar surface area (TPSA) is 98.7 Å². The zero-order chi connectivity index (χ0) is 11.4. The zero-order valence-electron chi connectivity index (χ0n) is 8.56. The molecule has 0 bridgehead atoms. The number of hydrogen-bond acceptors (Lipinski definition) is 3. The Bertz CT molecular complexity index is 250. The molecule has 86 valence electrons. The van der Waals surface area contributed by atoms with Crippen LogP contribution in [0.25, 0.3) is 0 Å². The van der Waals surface area contributed by atoms with Crippen LogP contribution in [0, 0.1) is 5.92 Å².